The maximum Gasteiger partial charge on any atom is 0.417 e. The third-order valence-electron chi connectivity index (χ3n) is 3.53. The lowest BCUT2D eigenvalue weighted by molar-refractivity contribution is 0.215. The number of aromatic nitrogens is 1. The average molecular weight is 359 g/mol. The number of halogens is 1. The molecule has 0 radical (unpaired) electrons. The lowest BCUT2D eigenvalue weighted by Gasteiger charge is -2.12. The zero-order valence-corrected chi connectivity index (χ0v) is 14.3. The highest BCUT2D eigenvalue weighted by Crippen LogP contribution is 2.31. The Kier molecular flexibility index (Phi) is 4.90. The van der Waals surface area contributed by atoms with Crippen molar-refractivity contribution in [1.29, 1.82) is 0 Å². The molecule has 0 spiro atoms. The summed E-state index contributed by atoms with van der Waals surface area (Å²) >= 11 is 6.14. The van der Waals surface area contributed by atoms with Crippen LogP contribution in [0.5, 0.6) is 17.2 Å². The number of hydrogen-bond donors (Lipinski definition) is 1. The van der Waals surface area contributed by atoms with Crippen LogP contribution in [-0.4, -0.2) is 25.3 Å². The number of rotatable bonds is 4. The molecule has 1 amide bonds. The molecule has 0 unspecified atom stereocenters. The highest BCUT2D eigenvalue weighted by molar-refractivity contribution is 6.35. The number of hydrogen-bond acceptors (Lipinski definition) is 5. The number of pyridine rings is 1. The summed E-state index contributed by atoms with van der Waals surface area (Å²) in [7, 11) is 3.05. The van der Waals surface area contributed by atoms with Crippen molar-refractivity contribution in [2.75, 3.05) is 19.5 Å². The Morgan fingerprint density at radius 3 is 2.68 bits per heavy atom. The molecule has 25 heavy (non-hydrogen) atoms. The molecule has 7 heteroatoms. The largest absolute Gasteiger partial charge is 0.497 e. The number of para-hydroxylation sites is 1. The van der Waals surface area contributed by atoms with E-state index in [9.17, 15) is 4.79 Å². The number of nitrogens with one attached hydrogen (secondary N) is 1. The first-order chi connectivity index (χ1) is 12.1. The van der Waals surface area contributed by atoms with Crippen molar-refractivity contribution >= 4 is 34.3 Å². The summed E-state index contributed by atoms with van der Waals surface area (Å²) < 4.78 is 15.8. The second kappa shape index (κ2) is 7.27. The second-order valence-corrected chi connectivity index (χ2v) is 5.43. The zero-order valence-electron chi connectivity index (χ0n) is 13.6. The molecule has 0 fully saturated rings. The molecule has 128 valence electrons. The number of carbonyl (C=O) groups is 1. The van der Waals surface area contributed by atoms with Crippen LogP contribution < -0.4 is 19.5 Å². The Bertz CT molecular complexity index is 930. The van der Waals surface area contributed by atoms with Crippen molar-refractivity contribution in [3.63, 3.8) is 0 Å². The number of nitrogens with zero attached hydrogens (tertiary/aromatic N) is 1. The van der Waals surface area contributed by atoms with Crippen LogP contribution in [0.15, 0.2) is 48.7 Å². The third-order valence-corrected chi connectivity index (χ3v) is 3.86. The molecule has 0 atom stereocenters. The van der Waals surface area contributed by atoms with Crippen LogP contribution in [-0.2, 0) is 0 Å². The van der Waals surface area contributed by atoms with Crippen molar-refractivity contribution in [3.8, 4) is 17.2 Å². The molecule has 3 rings (SSSR count). The molecule has 2 aromatic carbocycles. The van der Waals surface area contributed by atoms with E-state index >= 15 is 0 Å². The van der Waals surface area contributed by atoms with E-state index in [1.807, 2.05) is 0 Å². The van der Waals surface area contributed by atoms with E-state index in [0.29, 0.717) is 38.9 Å². The quantitative estimate of drug-likeness (QED) is 0.742. The monoisotopic (exact) mass is 358 g/mol. The molecule has 0 bridgehead atoms. The normalized spacial score (nSPS) is 10.4. The van der Waals surface area contributed by atoms with Gasteiger partial charge in [-0.25, -0.2) is 4.79 Å². The van der Waals surface area contributed by atoms with E-state index in [0.717, 1.165) is 0 Å². The van der Waals surface area contributed by atoms with E-state index in [1.54, 1.807) is 48.7 Å². The Morgan fingerprint density at radius 1 is 1.08 bits per heavy atom. The molecule has 3 aromatic rings. The lowest BCUT2D eigenvalue weighted by atomic mass is 10.2. The standard InChI is InChI=1S/C18H15ClN2O4/c1-23-11-6-7-15(24-2)14(10-11)21-18(22)25-16-5-3-4-12-13(19)8-9-20-17(12)16/h3-10H,1-2H3,(H,21,22). The Labute approximate surface area is 149 Å². The highest BCUT2D eigenvalue weighted by Gasteiger charge is 2.13. The fraction of sp³-hybridized carbons (Fsp3) is 0.111. The number of methoxy groups -OCH3 is 2. The van der Waals surface area contributed by atoms with Gasteiger partial charge in [0.15, 0.2) is 5.75 Å². The number of ether oxygens (including phenoxy) is 3. The van der Waals surface area contributed by atoms with E-state index < -0.39 is 6.09 Å². The number of benzene rings is 2. The van der Waals surface area contributed by atoms with Gasteiger partial charge in [-0.3, -0.25) is 10.3 Å². The minimum atomic E-state index is -0.680. The molecule has 0 aliphatic carbocycles. The van der Waals surface area contributed by atoms with E-state index in [2.05, 4.69) is 10.3 Å². The van der Waals surface area contributed by atoms with Gasteiger partial charge in [-0.2, -0.15) is 0 Å². The molecule has 1 N–H and O–H groups in total. The molecular weight excluding hydrogens is 344 g/mol. The molecule has 0 aliphatic heterocycles. The van der Waals surface area contributed by atoms with Crippen molar-refractivity contribution < 1.29 is 19.0 Å². The summed E-state index contributed by atoms with van der Waals surface area (Å²) in [5.41, 5.74) is 0.931. The van der Waals surface area contributed by atoms with E-state index in [1.165, 1.54) is 14.2 Å². The van der Waals surface area contributed by atoms with Gasteiger partial charge < -0.3 is 14.2 Å². The highest BCUT2D eigenvalue weighted by atomic mass is 35.5. The fourth-order valence-corrected chi connectivity index (χ4v) is 2.55. The van der Waals surface area contributed by atoms with Gasteiger partial charge in [-0.1, -0.05) is 23.7 Å². The smallest absolute Gasteiger partial charge is 0.417 e. The average Bonchev–Trinajstić information content (AvgIpc) is 2.62. The van der Waals surface area contributed by atoms with Gasteiger partial charge in [-0.15, -0.1) is 0 Å². The summed E-state index contributed by atoms with van der Waals surface area (Å²) in [6.45, 7) is 0. The van der Waals surface area contributed by atoms with Crippen molar-refractivity contribution in [1.82, 2.24) is 4.98 Å². The molecule has 0 saturated carbocycles. The van der Waals surface area contributed by atoms with E-state index in [-0.39, 0.29) is 0 Å². The number of amides is 1. The van der Waals surface area contributed by atoms with Gasteiger partial charge in [0.1, 0.15) is 17.0 Å². The third kappa shape index (κ3) is 3.59. The van der Waals surface area contributed by atoms with Gasteiger partial charge in [0.25, 0.3) is 0 Å². The topological polar surface area (TPSA) is 69.7 Å². The molecule has 6 nitrogen and oxygen atoms in total. The Balaban J connectivity index is 1.86. The zero-order chi connectivity index (χ0) is 17.8. The molecule has 0 aliphatic rings. The first kappa shape index (κ1) is 16.9. The van der Waals surface area contributed by atoms with Crippen LogP contribution in [0.25, 0.3) is 10.9 Å². The predicted octanol–water partition coefficient (Wildman–Crippen LogP) is 4.52. The van der Waals surface area contributed by atoms with Crippen LogP contribution in [0.4, 0.5) is 10.5 Å². The molecular formula is C18H15ClN2O4. The number of fused-ring (bicyclic) bond motifs is 1. The minimum Gasteiger partial charge on any atom is -0.497 e. The van der Waals surface area contributed by atoms with Gasteiger partial charge >= 0.3 is 6.09 Å². The van der Waals surface area contributed by atoms with Gasteiger partial charge in [0, 0.05) is 17.6 Å². The van der Waals surface area contributed by atoms with Crippen LogP contribution in [0.2, 0.25) is 5.02 Å². The maximum atomic E-state index is 12.3. The predicted molar refractivity (Wildman–Crippen MR) is 95.9 cm³/mol. The molecule has 0 saturated heterocycles. The summed E-state index contributed by atoms with van der Waals surface area (Å²) in [6, 6.07) is 11.9. The maximum absolute atomic E-state index is 12.3. The van der Waals surface area contributed by atoms with Crippen molar-refractivity contribution in [2.24, 2.45) is 0 Å². The summed E-state index contributed by atoms with van der Waals surface area (Å²) in [6.07, 6.45) is 0.876. The van der Waals surface area contributed by atoms with Crippen LogP contribution in [0, 0.1) is 0 Å². The molecule has 1 heterocycles. The van der Waals surface area contributed by atoms with Crippen LogP contribution >= 0.6 is 11.6 Å². The van der Waals surface area contributed by atoms with Gasteiger partial charge in [0.2, 0.25) is 0 Å². The van der Waals surface area contributed by atoms with Crippen LogP contribution in [0.3, 0.4) is 0 Å². The number of carbonyl (C=O) groups excluding carboxylic acids is 1. The minimum absolute atomic E-state index is 0.305. The first-order valence-electron chi connectivity index (χ1n) is 7.36. The van der Waals surface area contributed by atoms with Crippen molar-refractivity contribution in [3.05, 3.63) is 53.7 Å². The van der Waals surface area contributed by atoms with Gasteiger partial charge in [0.05, 0.1) is 24.9 Å². The first-order valence-corrected chi connectivity index (χ1v) is 7.74. The van der Waals surface area contributed by atoms with Crippen molar-refractivity contribution in [2.45, 2.75) is 0 Å². The summed E-state index contributed by atoms with van der Waals surface area (Å²) in [4.78, 5) is 16.5. The van der Waals surface area contributed by atoms with Gasteiger partial charge in [-0.05, 0) is 24.3 Å². The summed E-state index contributed by atoms with van der Waals surface area (Å²) in [5.74, 6) is 1.37. The number of anilines is 1. The Morgan fingerprint density at radius 2 is 1.92 bits per heavy atom. The van der Waals surface area contributed by atoms with E-state index in [4.69, 9.17) is 25.8 Å². The Hall–Kier alpha value is -2.99. The van der Waals surface area contributed by atoms with Crippen LogP contribution in [0.1, 0.15) is 0 Å². The SMILES string of the molecule is COc1ccc(OC)c(NC(=O)Oc2cccc3c(Cl)ccnc23)c1. The summed E-state index contributed by atoms with van der Waals surface area (Å²) in [5, 5.41) is 3.87. The molecule has 1 aromatic heterocycles. The second-order valence-electron chi connectivity index (χ2n) is 5.03. The fourth-order valence-electron chi connectivity index (χ4n) is 2.34. The lowest BCUT2D eigenvalue weighted by Crippen LogP contribution is -2.17.